The molecule has 9 heteroatoms. The summed E-state index contributed by atoms with van der Waals surface area (Å²) < 4.78 is 5.47. The number of phenolic OH excluding ortho intramolecular Hbond substituents is 1. The third-order valence-corrected chi connectivity index (χ3v) is 4.20. The maximum atomic E-state index is 11.8. The lowest BCUT2D eigenvalue weighted by Crippen LogP contribution is -2.20. The Hall–Kier alpha value is -2.58. The summed E-state index contributed by atoms with van der Waals surface area (Å²) in [5.74, 6) is -0.458. The highest BCUT2D eigenvalue weighted by Crippen LogP contribution is 2.34. The number of nitrogens with one attached hydrogen (secondary N) is 2. The molecule has 2 aromatic rings. The van der Waals surface area contributed by atoms with Crippen LogP contribution in [0.2, 0.25) is 5.02 Å². The summed E-state index contributed by atoms with van der Waals surface area (Å²) in [6, 6.07) is 9.92. The minimum absolute atomic E-state index is 0.00640. The van der Waals surface area contributed by atoms with Gasteiger partial charge in [0.25, 0.3) is 0 Å². The second-order valence-electron chi connectivity index (χ2n) is 5.41. The first-order valence-electron chi connectivity index (χ1n) is 7.83. The van der Waals surface area contributed by atoms with E-state index in [1.54, 1.807) is 36.4 Å². The van der Waals surface area contributed by atoms with Gasteiger partial charge >= 0.3 is 0 Å². The molecule has 0 saturated carbocycles. The van der Waals surface area contributed by atoms with Crippen LogP contribution in [0.1, 0.15) is 18.4 Å². The van der Waals surface area contributed by atoms with Crippen LogP contribution in [0.4, 0.5) is 5.69 Å². The van der Waals surface area contributed by atoms with Gasteiger partial charge in [-0.15, -0.1) is 0 Å². The van der Waals surface area contributed by atoms with E-state index < -0.39 is 5.91 Å². The van der Waals surface area contributed by atoms with Crippen LogP contribution in [0.25, 0.3) is 0 Å². The molecule has 0 aliphatic carbocycles. The standard InChI is InChI=1S/C18H17BrClN3O4/c1-27-15-8-11(7-14(19)18(15)26)10-21-23-17(25)6-5-16(24)22-13-4-2-3-12(20)9-13/h2-4,7-10,26H,5-6H2,1H3,(H,22,24)(H,23,25)/b21-10+. The zero-order valence-electron chi connectivity index (χ0n) is 14.3. The second kappa shape index (κ2) is 9.94. The van der Waals surface area contributed by atoms with Gasteiger partial charge in [-0.1, -0.05) is 17.7 Å². The minimum atomic E-state index is -0.405. The number of hydrogen-bond donors (Lipinski definition) is 3. The number of phenols is 1. The largest absolute Gasteiger partial charge is 0.503 e. The van der Waals surface area contributed by atoms with Gasteiger partial charge in [-0.3, -0.25) is 9.59 Å². The minimum Gasteiger partial charge on any atom is -0.503 e. The number of carbonyl (C=O) groups is 2. The third kappa shape index (κ3) is 6.58. The molecule has 2 aromatic carbocycles. The van der Waals surface area contributed by atoms with Crippen molar-refractivity contribution in [3.8, 4) is 11.5 Å². The fraction of sp³-hybridized carbons (Fsp3) is 0.167. The molecule has 27 heavy (non-hydrogen) atoms. The summed E-state index contributed by atoms with van der Waals surface area (Å²) >= 11 is 9.04. The number of carbonyl (C=O) groups excluding carboxylic acids is 2. The first kappa shape index (κ1) is 20.7. The molecule has 0 atom stereocenters. The number of hydrogen-bond acceptors (Lipinski definition) is 5. The molecule has 2 amide bonds. The predicted molar refractivity (Wildman–Crippen MR) is 107 cm³/mol. The molecular weight excluding hydrogens is 438 g/mol. The van der Waals surface area contributed by atoms with Crippen LogP contribution in [0, 0.1) is 0 Å². The molecule has 142 valence electrons. The van der Waals surface area contributed by atoms with E-state index in [9.17, 15) is 14.7 Å². The number of methoxy groups -OCH3 is 1. The summed E-state index contributed by atoms with van der Waals surface area (Å²) in [6.07, 6.45) is 1.38. The van der Waals surface area contributed by atoms with Crippen molar-refractivity contribution < 1.29 is 19.4 Å². The van der Waals surface area contributed by atoms with Gasteiger partial charge in [0, 0.05) is 23.6 Å². The first-order chi connectivity index (χ1) is 12.9. The zero-order chi connectivity index (χ0) is 19.8. The van der Waals surface area contributed by atoms with Gasteiger partial charge in [0.1, 0.15) is 0 Å². The quantitative estimate of drug-likeness (QED) is 0.439. The zero-order valence-corrected chi connectivity index (χ0v) is 16.7. The van der Waals surface area contributed by atoms with Gasteiger partial charge < -0.3 is 15.2 Å². The molecule has 2 rings (SSSR count). The lowest BCUT2D eigenvalue weighted by Gasteiger charge is -2.06. The van der Waals surface area contributed by atoms with E-state index in [-0.39, 0.29) is 30.2 Å². The fourth-order valence-corrected chi connectivity index (χ4v) is 2.73. The van der Waals surface area contributed by atoms with Crippen molar-refractivity contribution in [1.29, 1.82) is 0 Å². The second-order valence-corrected chi connectivity index (χ2v) is 6.70. The Balaban J connectivity index is 1.81. The maximum Gasteiger partial charge on any atom is 0.240 e. The normalized spacial score (nSPS) is 10.6. The van der Waals surface area contributed by atoms with Crippen molar-refractivity contribution in [1.82, 2.24) is 5.43 Å². The van der Waals surface area contributed by atoms with Crippen LogP contribution >= 0.6 is 27.5 Å². The van der Waals surface area contributed by atoms with E-state index in [1.807, 2.05) is 0 Å². The van der Waals surface area contributed by atoms with Gasteiger partial charge in [-0.2, -0.15) is 5.10 Å². The average molecular weight is 455 g/mol. The summed E-state index contributed by atoms with van der Waals surface area (Å²) in [7, 11) is 1.43. The van der Waals surface area contributed by atoms with Crippen molar-refractivity contribution >= 4 is 51.2 Å². The van der Waals surface area contributed by atoms with Crippen LogP contribution in [-0.2, 0) is 9.59 Å². The average Bonchev–Trinajstić information content (AvgIpc) is 2.62. The molecule has 0 unspecified atom stereocenters. The number of halogens is 2. The van der Waals surface area contributed by atoms with E-state index in [2.05, 4.69) is 31.8 Å². The van der Waals surface area contributed by atoms with Crippen molar-refractivity contribution in [3.05, 3.63) is 51.5 Å². The van der Waals surface area contributed by atoms with Gasteiger partial charge in [-0.25, -0.2) is 5.43 Å². The topological polar surface area (TPSA) is 100 Å². The third-order valence-electron chi connectivity index (χ3n) is 3.36. The van der Waals surface area contributed by atoms with Crippen molar-refractivity contribution in [3.63, 3.8) is 0 Å². The number of anilines is 1. The highest BCUT2D eigenvalue weighted by Gasteiger charge is 2.09. The molecule has 0 aliphatic rings. The molecule has 0 radical (unpaired) electrons. The van der Waals surface area contributed by atoms with Gasteiger partial charge in [0.05, 0.1) is 17.8 Å². The molecule has 7 nitrogen and oxygen atoms in total. The lowest BCUT2D eigenvalue weighted by molar-refractivity contribution is -0.124. The van der Waals surface area contributed by atoms with E-state index in [0.29, 0.717) is 20.7 Å². The number of aromatic hydroxyl groups is 1. The number of rotatable bonds is 7. The Morgan fingerprint density at radius 2 is 2.00 bits per heavy atom. The summed E-state index contributed by atoms with van der Waals surface area (Å²) in [6.45, 7) is 0. The van der Waals surface area contributed by atoms with Crippen LogP contribution in [0.3, 0.4) is 0 Å². The molecule has 0 fully saturated rings. The Labute approximate surface area is 169 Å². The molecule has 0 aromatic heterocycles. The van der Waals surface area contributed by atoms with Crippen LogP contribution in [0.15, 0.2) is 46.0 Å². The predicted octanol–water partition coefficient (Wildman–Crippen LogP) is 3.69. The van der Waals surface area contributed by atoms with Crippen LogP contribution in [-0.4, -0.2) is 30.2 Å². The van der Waals surface area contributed by atoms with Crippen LogP contribution in [0.5, 0.6) is 11.5 Å². The van der Waals surface area contributed by atoms with E-state index in [1.165, 1.54) is 13.3 Å². The Bertz CT molecular complexity index is 874. The number of nitrogens with zero attached hydrogens (tertiary/aromatic N) is 1. The molecular formula is C18H17BrClN3O4. The Morgan fingerprint density at radius 1 is 1.26 bits per heavy atom. The molecule has 0 saturated heterocycles. The van der Waals surface area contributed by atoms with Crippen LogP contribution < -0.4 is 15.5 Å². The van der Waals surface area contributed by atoms with E-state index in [4.69, 9.17) is 16.3 Å². The van der Waals surface area contributed by atoms with Crippen molar-refractivity contribution in [2.45, 2.75) is 12.8 Å². The molecule has 3 N–H and O–H groups in total. The smallest absolute Gasteiger partial charge is 0.240 e. The monoisotopic (exact) mass is 453 g/mol. The fourth-order valence-electron chi connectivity index (χ4n) is 2.08. The van der Waals surface area contributed by atoms with Gasteiger partial charge in [0.15, 0.2) is 11.5 Å². The van der Waals surface area contributed by atoms with Crippen molar-refractivity contribution in [2.75, 3.05) is 12.4 Å². The number of amides is 2. The van der Waals surface area contributed by atoms with Gasteiger partial charge in [0.2, 0.25) is 11.8 Å². The summed E-state index contributed by atoms with van der Waals surface area (Å²) in [5, 5.41) is 16.7. The maximum absolute atomic E-state index is 11.8. The van der Waals surface area contributed by atoms with Gasteiger partial charge in [-0.05, 0) is 51.8 Å². The first-order valence-corrected chi connectivity index (χ1v) is 9.00. The SMILES string of the molecule is COc1cc(/C=N/NC(=O)CCC(=O)Nc2cccc(Cl)c2)cc(Br)c1O. The Morgan fingerprint density at radius 3 is 2.70 bits per heavy atom. The molecule has 0 bridgehead atoms. The number of benzene rings is 2. The molecule has 0 aliphatic heterocycles. The number of hydrazone groups is 1. The molecule has 0 heterocycles. The highest BCUT2D eigenvalue weighted by atomic mass is 79.9. The number of ether oxygens (including phenoxy) is 1. The summed E-state index contributed by atoms with van der Waals surface area (Å²) in [4.78, 5) is 23.6. The highest BCUT2D eigenvalue weighted by molar-refractivity contribution is 9.10. The molecule has 0 spiro atoms. The van der Waals surface area contributed by atoms with E-state index in [0.717, 1.165) is 0 Å². The van der Waals surface area contributed by atoms with Crippen molar-refractivity contribution in [2.24, 2.45) is 5.10 Å². The Kier molecular flexibility index (Phi) is 7.63. The van der Waals surface area contributed by atoms with E-state index >= 15 is 0 Å². The lowest BCUT2D eigenvalue weighted by atomic mass is 10.2. The summed E-state index contributed by atoms with van der Waals surface area (Å²) in [5.41, 5.74) is 3.52.